The minimum absolute atomic E-state index is 0.0253. The van der Waals surface area contributed by atoms with Crippen LogP contribution in [0.1, 0.15) is 21.5 Å². The standard InChI is InChI=1S/C18H18N2O3/c1-20(10-12-2-5-16-17(8-12)23-11-22-16)18(21)14-3-4-15-13(9-14)6-7-19-15/h2-5,8-9,19H,6-7,10-11H2,1H3. The Bertz CT molecular complexity index is 773. The molecule has 2 aromatic rings. The van der Waals surface area contributed by atoms with E-state index < -0.39 is 0 Å². The molecular formula is C18H18N2O3. The third-order valence-electron chi connectivity index (χ3n) is 4.27. The zero-order chi connectivity index (χ0) is 15.8. The maximum absolute atomic E-state index is 12.6. The van der Waals surface area contributed by atoms with Gasteiger partial charge < -0.3 is 19.7 Å². The summed E-state index contributed by atoms with van der Waals surface area (Å²) >= 11 is 0. The van der Waals surface area contributed by atoms with E-state index in [-0.39, 0.29) is 12.7 Å². The lowest BCUT2D eigenvalue weighted by Gasteiger charge is -2.18. The lowest BCUT2D eigenvalue weighted by atomic mass is 10.1. The predicted molar refractivity (Wildman–Crippen MR) is 87.0 cm³/mol. The van der Waals surface area contributed by atoms with Gasteiger partial charge in [-0.05, 0) is 47.9 Å². The van der Waals surface area contributed by atoms with E-state index in [0.29, 0.717) is 6.54 Å². The highest BCUT2D eigenvalue weighted by Gasteiger charge is 2.18. The Hall–Kier alpha value is -2.69. The number of ether oxygens (including phenoxy) is 2. The van der Waals surface area contributed by atoms with Gasteiger partial charge in [0.05, 0.1) is 0 Å². The van der Waals surface area contributed by atoms with Crippen LogP contribution in [0.4, 0.5) is 5.69 Å². The molecule has 2 aliphatic heterocycles. The maximum atomic E-state index is 12.6. The summed E-state index contributed by atoms with van der Waals surface area (Å²) in [6, 6.07) is 11.6. The largest absolute Gasteiger partial charge is 0.454 e. The quantitative estimate of drug-likeness (QED) is 0.947. The van der Waals surface area contributed by atoms with Crippen LogP contribution in [-0.4, -0.2) is 31.2 Å². The third-order valence-corrected chi connectivity index (χ3v) is 4.27. The molecule has 0 fully saturated rings. The molecule has 0 aliphatic carbocycles. The average molecular weight is 310 g/mol. The molecule has 0 bridgehead atoms. The summed E-state index contributed by atoms with van der Waals surface area (Å²) in [5.41, 5.74) is 4.11. The zero-order valence-electron chi connectivity index (χ0n) is 13.0. The van der Waals surface area contributed by atoms with Crippen LogP contribution in [0.5, 0.6) is 11.5 Å². The van der Waals surface area contributed by atoms with Crippen molar-refractivity contribution in [3.63, 3.8) is 0 Å². The second-order valence-corrected chi connectivity index (χ2v) is 5.90. The Kier molecular flexibility index (Phi) is 3.33. The number of hydrogen-bond acceptors (Lipinski definition) is 4. The molecule has 2 aliphatic rings. The molecule has 2 aromatic carbocycles. The van der Waals surface area contributed by atoms with Crippen LogP contribution in [0.3, 0.4) is 0 Å². The van der Waals surface area contributed by atoms with E-state index >= 15 is 0 Å². The van der Waals surface area contributed by atoms with Crippen molar-refractivity contribution in [1.82, 2.24) is 4.90 Å². The Morgan fingerprint density at radius 1 is 1.17 bits per heavy atom. The smallest absolute Gasteiger partial charge is 0.253 e. The monoisotopic (exact) mass is 310 g/mol. The van der Waals surface area contributed by atoms with Gasteiger partial charge in [-0.1, -0.05) is 6.07 Å². The van der Waals surface area contributed by atoms with Crippen molar-refractivity contribution in [2.75, 3.05) is 25.7 Å². The highest BCUT2D eigenvalue weighted by molar-refractivity contribution is 5.94. The predicted octanol–water partition coefficient (Wildman–Crippen LogP) is 2.66. The van der Waals surface area contributed by atoms with Gasteiger partial charge in [-0.2, -0.15) is 0 Å². The normalized spacial score (nSPS) is 14.3. The number of amides is 1. The van der Waals surface area contributed by atoms with Gasteiger partial charge in [0.2, 0.25) is 6.79 Å². The van der Waals surface area contributed by atoms with Crippen LogP contribution in [-0.2, 0) is 13.0 Å². The van der Waals surface area contributed by atoms with Crippen LogP contribution >= 0.6 is 0 Å². The molecule has 4 rings (SSSR count). The number of benzene rings is 2. The van der Waals surface area contributed by atoms with Crippen molar-refractivity contribution in [3.8, 4) is 11.5 Å². The van der Waals surface area contributed by atoms with Gasteiger partial charge in [0.25, 0.3) is 5.91 Å². The topological polar surface area (TPSA) is 50.8 Å². The lowest BCUT2D eigenvalue weighted by Crippen LogP contribution is -2.26. The molecule has 0 aromatic heterocycles. The van der Waals surface area contributed by atoms with Crippen molar-refractivity contribution in [2.45, 2.75) is 13.0 Å². The number of carbonyl (C=O) groups excluding carboxylic acids is 1. The summed E-state index contributed by atoms with van der Waals surface area (Å²) in [6.07, 6.45) is 0.975. The first-order valence-corrected chi connectivity index (χ1v) is 7.71. The maximum Gasteiger partial charge on any atom is 0.253 e. The minimum Gasteiger partial charge on any atom is -0.454 e. The number of fused-ring (bicyclic) bond motifs is 2. The Balaban J connectivity index is 1.50. The van der Waals surface area contributed by atoms with Crippen molar-refractivity contribution >= 4 is 11.6 Å². The van der Waals surface area contributed by atoms with E-state index in [1.165, 1.54) is 5.56 Å². The summed E-state index contributed by atoms with van der Waals surface area (Å²) in [4.78, 5) is 14.4. The molecule has 5 nitrogen and oxygen atoms in total. The summed E-state index contributed by atoms with van der Waals surface area (Å²) < 4.78 is 10.7. The molecule has 5 heteroatoms. The zero-order valence-corrected chi connectivity index (χ0v) is 13.0. The second-order valence-electron chi connectivity index (χ2n) is 5.90. The van der Waals surface area contributed by atoms with Crippen molar-refractivity contribution in [1.29, 1.82) is 0 Å². The molecule has 1 N–H and O–H groups in total. The van der Waals surface area contributed by atoms with E-state index in [2.05, 4.69) is 5.32 Å². The lowest BCUT2D eigenvalue weighted by molar-refractivity contribution is 0.0785. The molecule has 118 valence electrons. The Labute approximate surface area is 134 Å². The first-order valence-electron chi connectivity index (χ1n) is 7.71. The fraction of sp³-hybridized carbons (Fsp3) is 0.278. The fourth-order valence-electron chi connectivity index (χ4n) is 3.04. The summed E-state index contributed by atoms with van der Waals surface area (Å²) in [5, 5.41) is 3.31. The number of anilines is 1. The molecule has 0 atom stereocenters. The molecule has 0 radical (unpaired) electrons. The van der Waals surface area contributed by atoms with Gasteiger partial charge in [0.15, 0.2) is 11.5 Å². The van der Waals surface area contributed by atoms with Gasteiger partial charge in [-0.15, -0.1) is 0 Å². The van der Waals surface area contributed by atoms with Crippen LogP contribution in [0.2, 0.25) is 0 Å². The number of carbonyl (C=O) groups is 1. The number of nitrogens with one attached hydrogen (secondary N) is 1. The summed E-state index contributed by atoms with van der Waals surface area (Å²) in [5.74, 6) is 1.53. The molecule has 0 saturated heterocycles. The molecule has 0 unspecified atom stereocenters. The molecule has 2 heterocycles. The van der Waals surface area contributed by atoms with Crippen LogP contribution in [0.25, 0.3) is 0 Å². The highest BCUT2D eigenvalue weighted by Crippen LogP contribution is 2.33. The van der Waals surface area contributed by atoms with E-state index in [1.54, 1.807) is 4.90 Å². The summed E-state index contributed by atoms with van der Waals surface area (Å²) in [7, 11) is 1.82. The van der Waals surface area contributed by atoms with E-state index in [9.17, 15) is 4.79 Å². The molecule has 0 saturated carbocycles. The molecule has 0 spiro atoms. The van der Waals surface area contributed by atoms with Crippen LogP contribution in [0.15, 0.2) is 36.4 Å². The number of rotatable bonds is 3. The van der Waals surface area contributed by atoms with Gasteiger partial charge >= 0.3 is 0 Å². The highest BCUT2D eigenvalue weighted by atomic mass is 16.7. The minimum atomic E-state index is 0.0253. The SMILES string of the molecule is CN(Cc1ccc2c(c1)OCO2)C(=O)c1ccc2c(c1)CCN2. The van der Waals surface area contributed by atoms with E-state index in [1.807, 2.05) is 43.4 Å². The Morgan fingerprint density at radius 3 is 2.96 bits per heavy atom. The van der Waals surface area contributed by atoms with Crippen LogP contribution < -0.4 is 14.8 Å². The van der Waals surface area contributed by atoms with E-state index in [4.69, 9.17) is 9.47 Å². The fourth-order valence-corrected chi connectivity index (χ4v) is 3.04. The van der Waals surface area contributed by atoms with Crippen molar-refractivity contribution in [3.05, 3.63) is 53.1 Å². The average Bonchev–Trinajstić information content (AvgIpc) is 3.21. The van der Waals surface area contributed by atoms with Crippen molar-refractivity contribution in [2.24, 2.45) is 0 Å². The molecule has 1 amide bonds. The van der Waals surface area contributed by atoms with Gasteiger partial charge in [0, 0.05) is 31.4 Å². The van der Waals surface area contributed by atoms with E-state index in [0.717, 1.165) is 41.3 Å². The molecule has 23 heavy (non-hydrogen) atoms. The van der Waals surface area contributed by atoms with Crippen LogP contribution in [0, 0.1) is 0 Å². The van der Waals surface area contributed by atoms with Gasteiger partial charge in [-0.3, -0.25) is 4.79 Å². The van der Waals surface area contributed by atoms with Crippen molar-refractivity contribution < 1.29 is 14.3 Å². The molecular weight excluding hydrogens is 292 g/mol. The Morgan fingerprint density at radius 2 is 2.04 bits per heavy atom. The summed E-state index contributed by atoms with van der Waals surface area (Å²) in [6.45, 7) is 1.74. The third kappa shape index (κ3) is 2.59. The number of hydrogen-bond donors (Lipinski definition) is 1. The van der Waals surface area contributed by atoms with Gasteiger partial charge in [0.1, 0.15) is 0 Å². The first-order chi connectivity index (χ1) is 11.2. The first kappa shape index (κ1) is 13.9. The van der Waals surface area contributed by atoms with Gasteiger partial charge in [-0.25, -0.2) is 0 Å². The second kappa shape index (κ2) is 5.50. The number of nitrogens with zero attached hydrogens (tertiary/aromatic N) is 1.